The van der Waals surface area contributed by atoms with E-state index in [0.717, 1.165) is 19.3 Å². The van der Waals surface area contributed by atoms with Crippen LogP contribution in [-0.4, -0.2) is 32.8 Å². The topological polar surface area (TPSA) is 75.7 Å². The monoisotopic (exact) mass is 279 g/mol. The molecule has 108 valence electrons. The minimum Gasteiger partial charge on any atom is -0.726 e. The van der Waals surface area contributed by atoms with Gasteiger partial charge in [-0.05, 0) is 19.3 Å². The van der Waals surface area contributed by atoms with Crippen LogP contribution in [0.3, 0.4) is 0 Å². The van der Waals surface area contributed by atoms with Gasteiger partial charge in [0.15, 0.2) is 0 Å². The molecule has 0 spiro atoms. The van der Waals surface area contributed by atoms with Crippen molar-refractivity contribution in [1.82, 2.24) is 0 Å². The van der Waals surface area contributed by atoms with Gasteiger partial charge >= 0.3 is 0 Å². The van der Waals surface area contributed by atoms with Crippen LogP contribution in [0, 0.1) is 0 Å². The first-order valence-electron chi connectivity index (χ1n) is 6.35. The van der Waals surface area contributed by atoms with Crippen LogP contribution in [0.15, 0.2) is 12.7 Å². The number of hydrogen-bond acceptors (Lipinski definition) is 5. The highest BCUT2D eigenvalue weighted by Crippen LogP contribution is 2.07. The first-order valence-corrected chi connectivity index (χ1v) is 7.68. The molecule has 0 aliphatic rings. The van der Waals surface area contributed by atoms with Gasteiger partial charge in [0.1, 0.15) is 0 Å². The Kier molecular flexibility index (Phi) is 11.4. The van der Waals surface area contributed by atoms with E-state index >= 15 is 0 Å². The summed E-state index contributed by atoms with van der Waals surface area (Å²) in [6.07, 6.45) is 9.95. The minimum atomic E-state index is -4.57. The van der Waals surface area contributed by atoms with Gasteiger partial charge in [-0.3, -0.25) is 4.18 Å². The van der Waals surface area contributed by atoms with Crippen LogP contribution < -0.4 is 0 Å². The lowest BCUT2D eigenvalue weighted by molar-refractivity contribution is 0.0939. The van der Waals surface area contributed by atoms with Crippen LogP contribution in [0.2, 0.25) is 0 Å². The maximum atomic E-state index is 10.1. The van der Waals surface area contributed by atoms with Crippen molar-refractivity contribution in [2.24, 2.45) is 0 Å². The molecule has 0 saturated heterocycles. The molecule has 5 nitrogen and oxygen atoms in total. The third kappa shape index (κ3) is 15.6. The fourth-order valence-corrected chi connectivity index (χ4v) is 1.77. The second kappa shape index (κ2) is 11.6. The number of unbranched alkanes of at least 4 members (excludes halogenated alkanes) is 6. The summed E-state index contributed by atoms with van der Waals surface area (Å²) in [5, 5.41) is 0. The molecular weight excluding hydrogens is 256 g/mol. The molecule has 0 fully saturated rings. The van der Waals surface area contributed by atoms with E-state index in [1.807, 2.05) is 6.08 Å². The molecular formula is C12H23O5S-. The molecule has 0 heterocycles. The maximum Gasteiger partial charge on any atom is 0.217 e. The van der Waals surface area contributed by atoms with Gasteiger partial charge in [0, 0.05) is 6.61 Å². The van der Waals surface area contributed by atoms with E-state index in [-0.39, 0.29) is 13.2 Å². The Hall–Kier alpha value is -0.430. The first-order chi connectivity index (χ1) is 8.56. The Bertz CT molecular complexity index is 287. The molecule has 0 bridgehead atoms. The number of rotatable bonds is 13. The zero-order valence-corrected chi connectivity index (χ0v) is 11.6. The Balaban J connectivity index is 3.05. The third-order valence-electron chi connectivity index (χ3n) is 2.40. The molecule has 0 aromatic rings. The van der Waals surface area contributed by atoms with Crippen LogP contribution in [0.25, 0.3) is 0 Å². The van der Waals surface area contributed by atoms with Crippen molar-refractivity contribution in [1.29, 1.82) is 0 Å². The lowest BCUT2D eigenvalue weighted by Gasteiger charge is -2.07. The highest BCUT2D eigenvalue weighted by atomic mass is 32.3. The van der Waals surface area contributed by atoms with Gasteiger partial charge in [-0.15, -0.1) is 6.58 Å². The fourth-order valence-electron chi connectivity index (χ4n) is 1.50. The zero-order valence-electron chi connectivity index (χ0n) is 10.8. The summed E-state index contributed by atoms with van der Waals surface area (Å²) in [7, 11) is -4.57. The summed E-state index contributed by atoms with van der Waals surface area (Å²) < 4.78 is 39.3. The number of hydrogen-bond donors (Lipinski definition) is 0. The van der Waals surface area contributed by atoms with E-state index in [0.29, 0.717) is 6.61 Å². The molecule has 0 rings (SSSR count). The van der Waals surface area contributed by atoms with E-state index in [1.165, 1.54) is 25.7 Å². The Morgan fingerprint density at radius 2 is 1.56 bits per heavy atom. The molecule has 0 radical (unpaired) electrons. The molecule has 0 amide bonds. The molecule has 0 N–H and O–H groups in total. The average molecular weight is 279 g/mol. The molecule has 0 saturated carbocycles. The summed E-state index contributed by atoms with van der Waals surface area (Å²) in [4.78, 5) is 0. The van der Waals surface area contributed by atoms with E-state index < -0.39 is 10.4 Å². The maximum absolute atomic E-state index is 10.1. The Morgan fingerprint density at radius 3 is 2.17 bits per heavy atom. The molecule has 0 aliphatic carbocycles. The second-order valence-corrected chi connectivity index (χ2v) is 5.09. The molecule has 18 heavy (non-hydrogen) atoms. The van der Waals surface area contributed by atoms with Crippen molar-refractivity contribution >= 4 is 10.4 Å². The molecule has 0 unspecified atom stereocenters. The number of ether oxygens (including phenoxy) is 1. The lowest BCUT2D eigenvalue weighted by atomic mass is 10.1. The molecule has 0 atom stereocenters. The van der Waals surface area contributed by atoms with Crippen molar-refractivity contribution in [3.8, 4) is 0 Å². The molecule has 0 aromatic heterocycles. The quantitative estimate of drug-likeness (QED) is 0.224. The number of allylic oxidation sites excluding steroid dienone is 1. The van der Waals surface area contributed by atoms with Crippen molar-refractivity contribution in [3.05, 3.63) is 12.7 Å². The van der Waals surface area contributed by atoms with Gasteiger partial charge in [-0.25, -0.2) is 8.42 Å². The van der Waals surface area contributed by atoms with Crippen LogP contribution >= 0.6 is 0 Å². The summed E-state index contributed by atoms with van der Waals surface area (Å²) >= 11 is 0. The van der Waals surface area contributed by atoms with Crippen LogP contribution in [0.4, 0.5) is 0 Å². The minimum absolute atomic E-state index is 0.140. The van der Waals surface area contributed by atoms with Crippen molar-refractivity contribution in [2.45, 2.75) is 44.9 Å². The van der Waals surface area contributed by atoms with E-state index in [2.05, 4.69) is 10.8 Å². The third-order valence-corrected chi connectivity index (χ3v) is 2.86. The van der Waals surface area contributed by atoms with Crippen LogP contribution in [0.5, 0.6) is 0 Å². The highest BCUT2D eigenvalue weighted by molar-refractivity contribution is 7.80. The largest absolute Gasteiger partial charge is 0.726 e. The van der Waals surface area contributed by atoms with Gasteiger partial charge in [-0.1, -0.05) is 31.8 Å². The predicted octanol–water partition coefficient (Wildman–Crippen LogP) is 2.40. The SMILES string of the molecule is C=CCCCCCCCCOCCOS(=O)(=O)[O-]. The van der Waals surface area contributed by atoms with Gasteiger partial charge in [0.25, 0.3) is 0 Å². The van der Waals surface area contributed by atoms with Gasteiger partial charge < -0.3 is 9.29 Å². The van der Waals surface area contributed by atoms with Crippen LogP contribution in [-0.2, 0) is 19.3 Å². The van der Waals surface area contributed by atoms with Crippen molar-refractivity contribution in [3.63, 3.8) is 0 Å². The summed E-state index contributed by atoms with van der Waals surface area (Å²) in [5.74, 6) is 0. The molecule has 0 aliphatic heterocycles. The molecule has 6 heteroatoms. The van der Waals surface area contributed by atoms with E-state index in [1.54, 1.807) is 0 Å². The summed E-state index contributed by atoms with van der Waals surface area (Å²) in [5.41, 5.74) is 0. The van der Waals surface area contributed by atoms with E-state index in [9.17, 15) is 13.0 Å². The predicted molar refractivity (Wildman–Crippen MR) is 69.0 cm³/mol. The van der Waals surface area contributed by atoms with Crippen LogP contribution in [0.1, 0.15) is 44.9 Å². The average Bonchev–Trinajstić information content (AvgIpc) is 2.29. The summed E-state index contributed by atoms with van der Waals surface area (Å²) in [6.45, 7) is 4.19. The van der Waals surface area contributed by atoms with Gasteiger partial charge in [0.2, 0.25) is 10.4 Å². The zero-order chi connectivity index (χ0) is 13.7. The Labute approximate surface area is 110 Å². The Morgan fingerprint density at radius 1 is 0.944 bits per heavy atom. The molecule has 0 aromatic carbocycles. The van der Waals surface area contributed by atoms with Gasteiger partial charge in [0.05, 0.1) is 13.2 Å². The summed E-state index contributed by atoms with van der Waals surface area (Å²) in [6, 6.07) is 0. The standard InChI is InChI=1S/C12H24O5S/c1-2-3-4-5-6-7-8-9-10-16-11-12-17-18(13,14)15/h2H,1,3-12H2,(H,13,14,15)/p-1. The normalized spacial score (nSPS) is 11.6. The van der Waals surface area contributed by atoms with E-state index in [4.69, 9.17) is 4.74 Å². The highest BCUT2D eigenvalue weighted by Gasteiger charge is 1.95. The lowest BCUT2D eigenvalue weighted by Crippen LogP contribution is -2.10. The second-order valence-electron chi connectivity index (χ2n) is 4.04. The van der Waals surface area contributed by atoms with Crippen molar-refractivity contribution < 1.29 is 21.9 Å². The smallest absolute Gasteiger partial charge is 0.217 e. The van der Waals surface area contributed by atoms with Crippen molar-refractivity contribution in [2.75, 3.05) is 19.8 Å². The fraction of sp³-hybridized carbons (Fsp3) is 0.833. The van der Waals surface area contributed by atoms with Gasteiger partial charge in [-0.2, -0.15) is 0 Å². The first kappa shape index (κ1) is 17.6.